The predicted molar refractivity (Wildman–Crippen MR) is 95.3 cm³/mol. The van der Waals surface area contributed by atoms with Crippen molar-refractivity contribution >= 4 is 17.6 Å². The fourth-order valence-electron chi connectivity index (χ4n) is 3.53. The van der Waals surface area contributed by atoms with Crippen LogP contribution in [0.25, 0.3) is 0 Å². The summed E-state index contributed by atoms with van der Waals surface area (Å²) < 4.78 is 1.63. The molecule has 1 N–H and O–H groups in total. The second-order valence-electron chi connectivity index (χ2n) is 6.46. The van der Waals surface area contributed by atoms with Crippen LogP contribution in [0.15, 0.2) is 29.2 Å². The molecule has 1 fully saturated rings. The van der Waals surface area contributed by atoms with Crippen molar-refractivity contribution in [3.05, 3.63) is 46.0 Å². The number of anilines is 1. The third-order valence-electron chi connectivity index (χ3n) is 4.84. The molecule has 0 aromatic carbocycles. The average Bonchev–Trinajstić information content (AvgIpc) is 2.63. The molecule has 2 aromatic heterocycles. The Labute approximate surface area is 145 Å². The van der Waals surface area contributed by atoms with Crippen LogP contribution in [0.5, 0.6) is 0 Å². The summed E-state index contributed by atoms with van der Waals surface area (Å²) in [6.07, 6.45) is 6.66. The van der Waals surface area contributed by atoms with Crippen LogP contribution >= 0.6 is 11.8 Å². The lowest BCUT2D eigenvalue weighted by Crippen LogP contribution is -2.33. The minimum Gasteiger partial charge on any atom is -0.366 e. The zero-order valence-electron chi connectivity index (χ0n) is 13.5. The Hall–Kier alpha value is -1.89. The Kier molecular flexibility index (Phi) is 4.51. The molecule has 7 heteroatoms. The fourth-order valence-corrected chi connectivity index (χ4v) is 4.48. The SMILES string of the molecule is O=c1cccnn1C1CCC(Nc2cc3c(nn2)CCSC3)CC1. The van der Waals surface area contributed by atoms with Crippen molar-refractivity contribution in [3.8, 4) is 0 Å². The standard InChI is InChI=1S/C17H21N5OS/c23-17-2-1-8-18-22(17)14-5-3-13(4-6-14)19-16-10-12-11-24-9-7-15(12)20-21-16/h1-2,8,10,13-14H,3-7,9,11H2,(H,19,21). The van der Waals surface area contributed by atoms with Gasteiger partial charge in [-0.05, 0) is 49.1 Å². The van der Waals surface area contributed by atoms with Crippen LogP contribution in [0.3, 0.4) is 0 Å². The maximum absolute atomic E-state index is 11.9. The Balaban J connectivity index is 1.38. The van der Waals surface area contributed by atoms with E-state index in [1.165, 1.54) is 5.56 Å². The molecule has 4 rings (SSSR count). The molecule has 0 bridgehead atoms. The molecule has 0 atom stereocenters. The van der Waals surface area contributed by atoms with Crippen LogP contribution in [0.1, 0.15) is 43.0 Å². The summed E-state index contributed by atoms with van der Waals surface area (Å²) in [4.78, 5) is 11.9. The molecule has 3 heterocycles. The summed E-state index contributed by atoms with van der Waals surface area (Å²) >= 11 is 1.96. The van der Waals surface area contributed by atoms with Crippen LogP contribution < -0.4 is 10.9 Å². The topological polar surface area (TPSA) is 72.7 Å². The molecular weight excluding hydrogens is 322 g/mol. The molecule has 0 spiro atoms. The summed E-state index contributed by atoms with van der Waals surface area (Å²) in [5, 5.41) is 16.5. The molecule has 2 aliphatic rings. The number of rotatable bonds is 3. The Morgan fingerprint density at radius 3 is 2.92 bits per heavy atom. The summed E-state index contributed by atoms with van der Waals surface area (Å²) in [5.41, 5.74) is 2.46. The molecule has 0 unspecified atom stereocenters. The van der Waals surface area contributed by atoms with Gasteiger partial charge in [0.1, 0.15) is 5.82 Å². The smallest absolute Gasteiger partial charge is 0.266 e. The van der Waals surface area contributed by atoms with E-state index >= 15 is 0 Å². The summed E-state index contributed by atoms with van der Waals surface area (Å²) in [7, 11) is 0. The highest BCUT2D eigenvalue weighted by atomic mass is 32.2. The molecule has 1 aliphatic carbocycles. The van der Waals surface area contributed by atoms with Crippen LogP contribution in [0, 0.1) is 0 Å². The Bertz CT molecular complexity index is 770. The van der Waals surface area contributed by atoms with E-state index in [4.69, 9.17) is 0 Å². The number of nitrogens with one attached hydrogen (secondary N) is 1. The highest BCUT2D eigenvalue weighted by Crippen LogP contribution is 2.29. The van der Waals surface area contributed by atoms with Crippen molar-refractivity contribution in [1.82, 2.24) is 20.0 Å². The van der Waals surface area contributed by atoms with E-state index < -0.39 is 0 Å². The van der Waals surface area contributed by atoms with E-state index in [-0.39, 0.29) is 11.6 Å². The van der Waals surface area contributed by atoms with Crippen molar-refractivity contribution in [2.75, 3.05) is 11.1 Å². The lowest BCUT2D eigenvalue weighted by Gasteiger charge is -2.29. The van der Waals surface area contributed by atoms with Crippen molar-refractivity contribution < 1.29 is 0 Å². The molecule has 6 nitrogen and oxygen atoms in total. The fraction of sp³-hybridized carbons (Fsp3) is 0.529. The van der Waals surface area contributed by atoms with Gasteiger partial charge < -0.3 is 5.32 Å². The first-order valence-electron chi connectivity index (χ1n) is 8.53. The van der Waals surface area contributed by atoms with E-state index in [0.29, 0.717) is 6.04 Å². The highest BCUT2D eigenvalue weighted by Gasteiger charge is 2.24. The number of nitrogens with zero attached hydrogens (tertiary/aromatic N) is 4. The number of fused-ring (bicyclic) bond motifs is 1. The van der Waals surface area contributed by atoms with E-state index in [0.717, 1.165) is 55.1 Å². The quantitative estimate of drug-likeness (QED) is 0.923. The minimum absolute atomic E-state index is 0.00744. The molecule has 1 saturated carbocycles. The zero-order valence-corrected chi connectivity index (χ0v) is 14.3. The van der Waals surface area contributed by atoms with Gasteiger partial charge in [-0.15, -0.1) is 5.10 Å². The van der Waals surface area contributed by atoms with Gasteiger partial charge in [-0.3, -0.25) is 4.79 Å². The Morgan fingerprint density at radius 2 is 2.08 bits per heavy atom. The number of hydrogen-bond acceptors (Lipinski definition) is 6. The van der Waals surface area contributed by atoms with Crippen LogP contribution in [0.2, 0.25) is 0 Å². The van der Waals surface area contributed by atoms with Gasteiger partial charge >= 0.3 is 0 Å². The lowest BCUT2D eigenvalue weighted by molar-refractivity contribution is 0.303. The summed E-state index contributed by atoms with van der Waals surface area (Å²) in [5.74, 6) is 3.06. The van der Waals surface area contributed by atoms with E-state index in [9.17, 15) is 4.79 Å². The number of aromatic nitrogens is 4. The van der Waals surface area contributed by atoms with Gasteiger partial charge in [0.15, 0.2) is 0 Å². The van der Waals surface area contributed by atoms with Gasteiger partial charge in [0.2, 0.25) is 0 Å². The predicted octanol–water partition coefficient (Wildman–Crippen LogP) is 2.42. The van der Waals surface area contributed by atoms with Crippen molar-refractivity contribution in [2.45, 2.75) is 49.9 Å². The van der Waals surface area contributed by atoms with Gasteiger partial charge in [0.25, 0.3) is 5.56 Å². The van der Waals surface area contributed by atoms with Gasteiger partial charge in [0, 0.05) is 30.5 Å². The molecule has 1 aliphatic heterocycles. The van der Waals surface area contributed by atoms with Gasteiger partial charge in [-0.1, -0.05) is 0 Å². The number of aryl methyl sites for hydroxylation is 1. The normalized spacial score (nSPS) is 23.5. The largest absolute Gasteiger partial charge is 0.366 e. The van der Waals surface area contributed by atoms with Crippen molar-refractivity contribution in [1.29, 1.82) is 0 Å². The molecule has 24 heavy (non-hydrogen) atoms. The van der Waals surface area contributed by atoms with Gasteiger partial charge in [0.05, 0.1) is 11.7 Å². The Morgan fingerprint density at radius 1 is 1.21 bits per heavy atom. The third kappa shape index (κ3) is 3.31. The lowest BCUT2D eigenvalue weighted by atomic mass is 9.91. The average molecular weight is 343 g/mol. The first-order valence-corrected chi connectivity index (χ1v) is 9.68. The van der Waals surface area contributed by atoms with Crippen molar-refractivity contribution in [3.63, 3.8) is 0 Å². The third-order valence-corrected chi connectivity index (χ3v) is 5.85. The molecular formula is C17H21N5OS. The number of thioether (sulfide) groups is 1. The first kappa shape index (κ1) is 15.6. The molecule has 0 amide bonds. The highest BCUT2D eigenvalue weighted by molar-refractivity contribution is 7.98. The maximum Gasteiger partial charge on any atom is 0.266 e. The minimum atomic E-state index is -0.00744. The molecule has 126 valence electrons. The second-order valence-corrected chi connectivity index (χ2v) is 7.57. The molecule has 0 saturated heterocycles. The van der Waals surface area contributed by atoms with Crippen LogP contribution in [-0.4, -0.2) is 31.8 Å². The van der Waals surface area contributed by atoms with Gasteiger partial charge in [-0.25, -0.2) is 4.68 Å². The first-order chi connectivity index (χ1) is 11.8. The van der Waals surface area contributed by atoms with Crippen molar-refractivity contribution in [2.24, 2.45) is 0 Å². The van der Waals surface area contributed by atoms with Crippen LogP contribution in [-0.2, 0) is 12.2 Å². The summed E-state index contributed by atoms with van der Waals surface area (Å²) in [6, 6.07) is 6.04. The number of hydrogen-bond donors (Lipinski definition) is 1. The van der Waals surface area contributed by atoms with E-state index in [2.05, 4.69) is 26.7 Å². The summed E-state index contributed by atoms with van der Waals surface area (Å²) in [6.45, 7) is 0. The zero-order chi connectivity index (χ0) is 16.4. The van der Waals surface area contributed by atoms with E-state index in [1.54, 1.807) is 23.0 Å². The molecule has 0 radical (unpaired) electrons. The molecule has 2 aromatic rings. The van der Waals surface area contributed by atoms with Crippen LogP contribution in [0.4, 0.5) is 5.82 Å². The second kappa shape index (κ2) is 6.93. The maximum atomic E-state index is 11.9. The monoisotopic (exact) mass is 343 g/mol. The van der Waals surface area contributed by atoms with Gasteiger partial charge in [-0.2, -0.15) is 22.0 Å². The van der Waals surface area contributed by atoms with E-state index in [1.807, 2.05) is 11.8 Å².